The van der Waals surface area contributed by atoms with E-state index in [1.165, 1.54) is 0 Å². The number of rotatable bonds is 4. The van der Waals surface area contributed by atoms with Gasteiger partial charge < -0.3 is 9.73 Å². The zero-order chi connectivity index (χ0) is 13.9. The number of fused-ring (bicyclic) bond motifs is 1. The maximum Gasteiger partial charge on any atom is 0.135 e. The third-order valence-electron chi connectivity index (χ3n) is 3.22. The molecule has 0 amide bonds. The molecule has 3 nitrogen and oxygen atoms in total. The number of nitrogens with zero attached hydrogens (tertiary/aromatic N) is 1. The molecule has 2 aromatic heterocycles. The van der Waals surface area contributed by atoms with E-state index in [9.17, 15) is 0 Å². The van der Waals surface area contributed by atoms with Crippen LogP contribution in [-0.4, -0.2) is 11.0 Å². The van der Waals surface area contributed by atoms with Gasteiger partial charge in [0.25, 0.3) is 0 Å². The van der Waals surface area contributed by atoms with E-state index in [-0.39, 0.29) is 0 Å². The van der Waals surface area contributed by atoms with Gasteiger partial charge in [0, 0.05) is 23.2 Å². The quantitative estimate of drug-likeness (QED) is 0.775. The van der Waals surface area contributed by atoms with Crippen molar-refractivity contribution in [3.05, 3.63) is 54.4 Å². The summed E-state index contributed by atoms with van der Waals surface area (Å²) in [5.74, 6) is 1.81. The highest BCUT2D eigenvalue weighted by molar-refractivity contribution is 5.82. The van der Waals surface area contributed by atoms with Gasteiger partial charge in [0.2, 0.25) is 0 Å². The molecule has 1 aromatic carbocycles. The van der Waals surface area contributed by atoms with Crippen molar-refractivity contribution in [3.63, 3.8) is 0 Å². The zero-order valence-corrected chi connectivity index (χ0v) is 11.8. The van der Waals surface area contributed by atoms with Gasteiger partial charge in [-0.15, -0.1) is 0 Å². The lowest BCUT2D eigenvalue weighted by Gasteiger charge is -2.05. The third kappa shape index (κ3) is 2.73. The molecule has 0 saturated heterocycles. The van der Waals surface area contributed by atoms with Crippen molar-refractivity contribution in [1.29, 1.82) is 0 Å². The molecule has 0 bridgehead atoms. The van der Waals surface area contributed by atoms with E-state index in [0.29, 0.717) is 6.04 Å². The first kappa shape index (κ1) is 12.9. The van der Waals surface area contributed by atoms with E-state index in [2.05, 4.69) is 36.3 Å². The van der Waals surface area contributed by atoms with Crippen LogP contribution in [0.5, 0.6) is 0 Å². The second kappa shape index (κ2) is 5.47. The van der Waals surface area contributed by atoms with Crippen LogP contribution in [0, 0.1) is 0 Å². The minimum Gasteiger partial charge on any atom is -0.460 e. The second-order valence-corrected chi connectivity index (χ2v) is 5.22. The molecule has 0 radical (unpaired) electrons. The van der Waals surface area contributed by atoms with Gasteiger partial charge in [-0.2, -0.15) is 0 Å². The number of hydrogen-bond acceptors (Lipinski definition) is 3. The predicted molar refractivity (Wildman–Crippen MR) is 81.4 cm³/mol. The molecular formula is C17H18N2O. The summed E-state index contributed by atoms with van der Waals surface area (Å²) in [7, 11) is 0. The number of furan rings is 1. The summed E-state index contributed by atoms with van der Waals surface area (Å²) in [6.45, 7) is 4.99. The summed E-state index contributed by atoms with van der Waals surface area (Å²) in [4.78, 5) is 4.47. The van der Waals surface area contributed by atoms with Crippen molar-refractivity contribution in [1.82, 2.24) is 10.3 Å². The van der Waals surface area contributed by atoms with Gasteiger partial charge in [0.15, 0.2) is 0 Å². The largest absolute Gasteiger partial charge is 0.460 e. The average Bonchev–Trinajstić information content (AvgIpc) is 2.93. The molecule has 0 saturated carbocycles. The van der Waals surface area contributed by atoms with Crippen molar-refractivity contribution in [3.8, 4) is 11.3 Å². The Kier molecular flexibility index (Phi) is 3.52. The first-order valence-corrected chi connectivity index (χ1v) is 6.89. The summed E-state index contributed by atoms with van der Waals surface area (Å²) in [5.41, 5.74) is 2.02. The van der Waals surface area contributed by atoms with Crippen LogP contribution in [0.25, 0.3) is 22.2 Å². The maximum atomic E-state index is 5.87. The summed E-state index contributed by atoms with van der Waals surface area (Å²) in [6, 6.07) is 14.7. The number of pyridine rings is 1. The molecule has 102 valence electrons. The topological polar surface area (TPSA) is 38.1 Å². The molecule has 0 fully saturated rings. The van der Waals surface area contributed by atoms with Crippen molar-refractivity contribution >= 4 is 10.9 Å². The van der Waals surface area contributed by atoms with Gasteiger partial charge in [-0.05, 0) is 24.3 Å². The second-order valence-electron chi connectivity index (χ2n) is 5.22. The minimum atomic E-state index is 0.450. The lowest BCUT2D eigenvalue weighted by molar-refractivity contribution is 0.473. The van der Waals surface area contributed by atoms with Gasteiger partial charge in [-0.25, -0.2) is 0 Å². The third-order valence-corrected chi connectivity index (χ3v) is 3.22. The van der Waals surface area contributed by atoms with Crippen LogP contribution in [0.1, 0.15) is 19.6 Å². The molecular weight excluding hydrogens is 248 g/mol. The summed E-state index contributed by atoms with van der Waals surface area (Å²) in [5, 5.41) is 4.47. The highest BCUT2D eigenvalue weighted by Crippen LogP contribution is 2.24. The Morgan fingerprint density at radius 2 is 2.00 bits per heavy atom. The molecule has 3 aromatic rings. The summed E-state index contributed by atoms with van der Waals surface area (Å²) >= 11 is 0. The predicted octanol–water partition coefficient (Wildman–Crippen LogP) is 3.99. The normalized spacial score (nSPS) is 11.3. The fourth-order valence-corrected chi connectivity index (χ4v) is 2.14. The number of nitrogens with one attached hydrogen (secondary N) is 1. The van der Waals surface area contributed by atoms with Gasteiger partial charge in [0.1, 0.15) is 11.5 Å². The monoisotopic (exact) mass is 266 g/mol. The molecule has 0 atom stereocenters. The fraction of sp³-hybridized carbons (Fsp3) is 0.235. The van der Waals surface area contributed by atoms with E-state index in [1.54, 1.807) is 0 Å². The highest BCUT2D eigenvalue weighted by Gasteiger charge is 2.06. The lowest BCUT2D eigenvalue weighted by atomic mass is 10.1. The Hall–Kier alpha value is -2.13. The molecule has 2 heterocycles. The molecule has 0 aliphatic heterocycles. The van der Waals surface area contributed by atoms with Crippen molar-refractivity contribution in [2.45, 2.75) is 26.4 Å². The molecule has 0 spiro atoms. The van der Waals surface area contributed by atoms with E-state index in [4.69, 9.17) is 4.42 Å². The molecule has 0 aliphatic rings. The van der Waals surface area contributed by atoms with E-state index in [0.717, 1.165) is 34.5 Å². The fourth-order valence-electron chi connectivity index (χ4n) is 2.14. The van der Waals surface area contributed by atoms with Crippen molar-refractivity contribution in [2.24, 2.45) is 0 Å². The minimum absolute atomic E-state index is 0.450. The molecule has 1 N–H and O–H groups in total. The lowest BCUT2D eigenvalue weighted by Crippen LogP contribution is -2.21. The highest BCUT2D eigenvalue weighted by atomic mass is 16.3. The maximum absolute atomic E-state index is 5.87. The van der Waals surface area contributed by atoms with Crippen LogP contribution in [0.3, 0.4) is 0 Å². The van der Waals surface area contributed by atoms with Crippen LogP contribution >= 0.6 is 0 Å². The Morgan fingerprint density at radius 1 is 1.15 bits per heavy atom. The van der Waals surface area contributed by atoms with E-state index in [1.807, 2.05) is 36.5 Å². The first-order valence-electron chi connectivity index (χ1n) is 6.89. The number of aromatic nitrogens is 1. The first-order chi connectivity index (χ1) is 9.72. The van der Waals surface area contributed by atoms with E-state index < -0.39 is 0 Å². The molecule has 0 unspecified atom stereocenters. The van der Waals surface area contributed by atoms with Crippen LogP contribution in [0.4, 0.5) is 0 Å². The Bertz CT molecular complexity index is 716. The van der Waals surface area contributed by atoms with Gasteiger partial charge in [-0.1, -0.05) is 32.0 Å². The molecule has 20 heavy (non-hydrogen) atoms. The van der Waals surface area contributed by atoms with Crippen molar-refractivity contribution in [2.75, 3.05) is 0 Å². The number of hydrogen-bond donors (Lipinski definition) is 1. The van der Waals surface area contributed by atoms with Crippen LogP contribution in [0.15, 0.2) is 53.1 Å². The van der Waals surface area contributed by atoms with Gasteiger partial charge in [0.05, 0.1) is 12.1 Å². The molecule has 3 rings (SSSR count). The molecule has 3 heteroatoms. The van der Waals surface area contributed by atoms with Crippen LogP contribution in [-0.2, 0) is 6.54 Å². The van der Waals surface area contributed by atoms with Crippen LogP contribution < -0.4 is 5.32 Å². The average molecular weight is 266 g/mol. The number of para-hydroxylation sites is 1. The summed E-state index contributed by atoms with van der Waals surface area (Å²) < 4.78 is 5.87. The Balaban J connectivity index is 1.87. The zero-order valence-electron chi connectivity index (χ0n) is 11.8. The van der Waals surface area contributed by atoms with Crippen molar-refractivity contribution < 1.29 is 4.42 Å². The smallest absolute Gasteiger partial charge is 0.135 e. The van der Waals surface area contributed by atoms with E-state index >= 15 is 0 Å². The Labute approximate surface area is 118 Å². The molecule has 0 aliphatic carbocycles. The SMILES string of the molecule is CC(C)NCc1ccc(-c2cnc3ccccc3c2)o1. The Morgan fingerprint density at radius 3 is 2.85 bits per heavy atom. The van der Waals surface area contributed by atoms with Crippen LogP contribution in [0.2, 0.25) is 0 Å². The number of benzene rings is 1. The van der Waals surface area contributed by atoms with Gasteiger partial charge >= 0.3 is 0 Å². The summed E-state index contributed by atoms with van der Waals surface area (Å²) in [6.07, 6.45) is 1.86. The van der Waals surface area contributed by atoms with Gasteiger partial charge in [-0.3, -0.25) is 4.98 Å². The standard InChI is InChI=1S/C17H18N2O/c1-12(2)18-11-15-7-8-17(20-15)14-9-13-5-3-4-6-16(13)19-10-14/h3-10,12,18H,11H2,1-2H3.